The fourth-order valence-corrected chi connectivity index (χ4v) is 2.30. The Morgan fingerprint density at radius 3 is 2.10 bits per heavy atom. The lowest BCUT2D eigenvalue weighted by molar-refractivity contribution is 0.340. The SMILES string of the molecule is CCOc1ccc(NCc2ccc(CC(C)C)cc2)cc1. The quantitative estimate of drug-likeness (QED) is 0.780. The molecule has 0 saturated heterocycles. The molecule has 2 aromatic rings. The highest BCUT2D eigenvalue weighted by Gasteiger charge is 1.99. The Morgan fingerprint density at radius 2 is 1.52 bits per heavy atom. The molecule has 0 radical (unpaired) electrons. The minimum atomic E-state index is 0.704. The van der Waals surface area contributed by atoms with Gasteiger partial charge in [0.2, 0.25) is 0 Å². The zero-order chi connectivity index (χ0) is 15.1. The lowest BCUT2D eigenvalue weighted by Gasteiger charge is -2.09. The van der Waals surface area contributed by atoms with Crippen LogP contribution in [0.2, 0.25) is 0 Å². The van der Waals surface area contributed by atoms with Gasteiger partial charge in [-0.2, -0.15) is 0 Å². The van der Waals surface area contributed by atoms with Crippen molar-refractivity contribution in [3.8, 4) is 5.75 Å². The van der Waals surface area contributed by atoms with Crippen LogP contribution in [0, 0.1) is 5.92 Å². The van der Waals surface area contributed by atoms with E-state index in [9.17, 15) is 0 Å². The Bertz CT molecular complexity index is 528. The van der Waals surface area contributed by atoms with Gasteiger partial charge < -0.3 is 10.1 Å². The van der Waals surface area contributed by atoms with Crippen LogP contribution in [0.5, 0.6) is 5.75 Å². The Labute approximate surface area is 128 Å². The number of benzene rings is 2. The molecule has 0 bridgehead atoms. The topological polar surface area (TPSA) is 21.3 Å². The maximum Gasteiger partial charge on any atom is 0.119 e. The summed E-state index contributed by atoms with van der Waals surface area (Å²) in [6.45, 7) is 8.04. The van der Waals surface area contributed by atoms with Crippen LogP contribution in [0.15, 0.2) is 48.5 Å². The molecule has 112 valence electrons. The summed E-state index contributed by atoms with van der Waals surface area (Å²) < 4.78 is 5.44. The molecule has 2 nitrogen and oxygen atoms in total. The van der Waals surface area contributed by atoms with Gasteiger partial charge in [0.05, 0.1) is 6.61 Å². The van der Waals surface area contributed by atoms with Crippen LogP contribution in [0.3, 0.4) is 0 Å². The minimum absolute atomic E-state index is 0.704. The normalized spacial score (nSPS) is 10.7. The first-order valence-corrected chi connectivity index (χ1v) is 7.72. The highest BCUT2D eigenvalue weighted by molar-refractivity contribution is 5.46. The second-order valence-electron chi connectivity index (χ2n) is 5.73. The van der Waals surface area contributed by atoms with Crippen molar-refractivity contribution in [2.45, 2.75) is 33.7 Å². The molecule has 0 aliphatic rings. The second kappa shape index (κ2) is 7.72. The summed E-state index contributed by atoms with van der Waals surface area (Å²) in [6.07, 6.45) is 1.15. The van der Waals surface area contributed by atoms with Crippen molar-refractivity contribution in [3.05, 3.63) is 59.7 Å². The molecule has 2 aromatic carbocycles. The maximum atomic E-state index is 5.44. The molecule has 0 saturated carbocycles. The molecule has 1 N–H and O–H groups in total. The molecular formula is C19H25NO. The van der Waals surface area contributed by atoms with E-state index in [0.717, 1.165) is 24.4 Å². The Hall–Kier alpha value is -1.96. The summed E-state index contributed by atoms with van der Waals surface area (Å²) in [5.74, 6) is 1.62. The standard InChI is InChI=1S/C19H25NO/c1-4-21-19-11-9-18(10-12-19)20-14-17-7-5-16(6-8-17)13-15(2)3/h5-12,15,20H,4,13-14H2,1-3H3. The number of hydrogen-bond donors (Lipinski definition) is 1. The Balaban J connectivity index is 1.87. The third-order valence-corrected chi connectivity index (χ3v) is 3.33. The summed E-state index contributed by atoms with van der Waals surface area (Å²) in [5, 5.41) is 3.43. The van der Waals surface area contributed by atoms with Crippen LogP contribution in [0.1, 0.15) is 31.9 Å². The van der Waals surface area contributed by atoms with Gasteiger partial charge in [0.25, 0.3) is 0 Å². The number of hydrogen-bond acceptors (Lipinski definition) is 2. The molecule has 0 spiro atoms. The molecular weight excluding hydrogens is 258 g/mol. The van der Waals surface area contributed by atoms with Crippen molar-refractivity contribution in [2.24, 2.45) is 5.92 Å². The van der Waals surface area contributed by atoms with Gasteiger partial charge in [0, 0.05) is 12.2 Å². The maximum absolute atomic E-state index is 5.44. The van der Waals surface area contributed by atoms with E-state index in [1.807, 2.05) is 19.1 Å². The third kappa shape index (κ3) is 5.14. The third-order valence-electron chi connectivity index (χ3n) is 3.33. The molecule has 0 unspecified atom stereocenters. The van der Waals surface area contributed by atoms with Crippen molar-refractivity contribution >= 4 is 5.69 Å². The molecule has 21 heavy (non-hydrogen) atoms. The van der Waals surface area contributed by atoms with E-state index in [-0.39, 0.29) is 0 Å². The lowest BCUT2D eigenvalue weighted by Crippen LogP contribution is -2.00. The van der Waals surface area contributed by atoms with Crippen LogP contribution < -0.4 is 10.1 Å². The van der Waals surface area contributed by atoms with Crippen molar-refractivity contribution in [1.82, 2.24) is 0 Å². The minimum Gasteiger partial charge on any atom is -0.494 e. The zero-order valence-corrected chi connectivity index (χ0v) is 13.2. The van der Waals surface area contributed by atoms with Gasteiger partial charge in [0.15, 0.2) is 0 Å². The van der Waals surface area contributed by atoms with Crippen molar-refractivity contribution in [3.63, 3.8) is 0 Å². The summed E-state index contributed by atoms with van der Waals surface area (Å²) in [5.41, 5.74) is 3.83. The summed E-state index contributed by atoms with van der Waals surface area (Å²) in [6, 6.07) is 17.0. The van der Waals surface area contributed by atoms with E-state index in [1.165, 1.54) is 11.1 Å². The molecule has 0 amide bonds. The first-order valence-electron chi connectivity index (χ1n) is 7.72. The van der Waals surface area contributed by atoms with E-state index >= 15 is 0 Å². The average molecular weight is 283 g/mol. The number of ether oxygens (including phenoxy) is 1. The predicted octanol–water partition coefficient (Wildman–Crippen LogP) is 4.90. The molecule has 0 fully saturated rings. The molecule has 0 heterocycles. The first kappa shape index (κ1) is 15.4. The van der Waals surface area contributed by atoms with Crippen molar-refractivity contribution < 1.29 is 4.74 Å². The van der Waals surface area contributed by atoms with Crippen LogP contribution in [0.25, 0.3) is 0 Å². The van der Waals surface area contributed by atoms with E-state index in [0.29, 0.717) is 12.5 Å². The van der Waals surface area contributed by atoms with Crippen molar-refractivity contribution in [2.75, 3.05) is 11.9 Å². The summed E-state index contributed by atoms with van der Waals surface area (Å²) in [7, 11) is 0. The predicted molar refractivity (Wildman–Crippen MR) is 89.9 cm³/mol. The number of nitrogens with one attached hydrogen (secondary N) is 1. The number of rotatable bonds is 7. The van der Waals surface area contributed by atoms with E-state index in [2.05, 4.69) is 55.6 Å². The van der Waals surface area contributed by atoms with E-state index in [1.54, 1.807) is 0 Å². The van der Waals surface area contributed by atoms with Crippen molar-refractivity contribution in [1.29, 1.82) is 0 Å². The van der Waals surface area contributed by atoms with Gasteiger partial charge in [-0.25, -0.2) is 0 Å². The number of anilines is 1. The van der Waals surface area contributed by atoms with E-state index < -0.39 is 0 Å². The van der Waals surface area contributed by atoms with Gasteiger partial charge in [-0.1, -0.05) is 38.1 Å². The van der Waals surface area contributed by atoms with Crippen LogP contribution in [0.4, 0.5) is 5.69 Å². The van der Waals surface area contributed by atoms with Gasteiger partial charge >= 0.3 is 0 Å². The highest BCUT2D eigenvalue weighted by Crippen LogP contribution is 2.17. The van der Waals surface area contributed by atoms with Gasteiger partial charge in [0.1, 0.15) is 5.75 Å². The molecule has 0 aliphatic heterocycles. The van der Waals surface area contributed by atoms with Crippen LogP contribution in [-0.4, -0.2) is 6.61 Å². The monoisotopic (exact) mass is 283 g/mol. The van der Waals surface area contributed by atoms with Crippen LogP contribution in [-0.2, 0) is 13.0 Å². The average Bonchev–Trinajstić information content (AvgIpc) is 2.48. The lowest BCUT2D eigenvalue weighted by atomic mass is 10.0. The fraction of sp³-hybridized carbons (Fsp3) is 0.368. The largest absolute Gasteiger partial charge is 0.494 e. The molecule has 2 heteroatoms. The van der Waals surface area contributed by atoms with E-state index in [4.69, 9.17) is 4.74 Å². The molecule has 2 rings (SSSR count). The Morgan fingerprint density at radius 1 is 0.905 bits per heavy atom. The Kier molecular flexibility index (Phi) is 5.68. The zero-order valence-electron chi connectivity index (χ0n) is 13.2. The van der Waals surface area contributed by atoms with Crippen LogP contribution >= 0.6 is 0 Å². The van der Waals surface area contributed by atoms with Gasteiger partial charge in [-0.15, -0.1) is 0 Å². The van der Waals surface area contributed by atoms with Gasteiger partial charge in [-0.05, 0) is 54.7 Å². The summed E-state index contributed by atoms with van der Waals surface area (Å²) >= 11 is 0. The second-order valence-corrected chi connectivity index (χ2v) is 5.73. The summed E-state index contributed by atoms with van der Waals surface area (Å²) in [4.78, 5) is 0. The fourth-order valence-electron chi connectivity index (χ4n) is 2.30. The van der Waals surface area contributed by atoms with Gasteiger partial charge in [-0.3, -0.25) is 0 Å². The highest BCUT2D eigenvalue weighted by atomic mass is 16.5. The molecule has 0 aliphatic carbocycles. The smallest absolute Gasteiger partial charge is 0.119 e. The molecule has 0 atom stereocenters. The first-order chi connectivity index (χ1) is 10.2. The molecule has 0 aromatic heterocycles.